The van der Waals surface area contributed by atoms with Crippen molar-refractivity contribution in [2.24, 2.45) is 0 Å². The van der Waals surface area contributed by atoms with Gasteiger partial charge in [-0.15, -0.1) is 10.2 Å². The van der Waals surface area contributed by atoms with Crippen molar-refractivity contribution in [3.8, 4) is 5.75 Å². The number of amides is 1. The van der Waals surface area contributed by atoms with Gasteiger partial charge < -0.3 is 4.74 Å². The number of hydrogen-bond acceptors (Lipinski definition) is 6. The number of carbonyl (C=O) groups is 1. The molecule has 0 fully saturated rings. The molecule has 2 rings (SSSR count). The number of rotatable bonds is 8. The zero-order chi connectivity index (χ0) is 17.5. The van der Waals surface area contributed by atoms with Crippen molar-refractivity contribution < 1.29 is 9.53 Å². The smallest absolute Gasteiger partial charge is 0.257 e. The topological polar surface area (TPSA) is 64.1 Å². The summed E-state index contributed by atoms with van der Waals surface area (Å²) in [7, 11) is 0. The maximum atomic E-state index is 12.3. The van der Waals surface area contributed by atoms with Crippen molar-refractivity contribution in [1.82, 2.24) is 10.2 Å². The molecule has 0 bridgehead atoms. The fourth-order valence-corrected chi connectivity index (χ4v) is 4.00. The van der Waals surface area contributed by atoms with Crippen LogP contribution in [0.25, 0.3) is 0 Å². The van der Waals surface area contributed by atoms with Crippen LogP contribution in [0.3, 0.4) is 0 Å². The van der Waals surface area contributed by atoms with Crippen LogP contribution in [0.4, 0.5) is 5.13 Å². The van der Waals surface area contributed by atoms with E-state index in [1.807, 2.05) is 6.92 Å². The van der Waals surface area contributed by atoms with Crippen LogP contribution in [0.2, 0.25) is 10.0 Å². The molecule has 0 aliphatic carbocycles. The number of benzene rings is 1. The Labute approximate surface area is 159 Å². The molecule has 5 nitrogen and oxygen atoms in total. The number of aromatic nitrogens is 2. The molecule has 0 saturated carbocycles. The lowest BCUT2D eigenvalue weighted by Gasteiger charge is -2.11. The summed E-state index contributed by atoms with van der Waals surface area (Å²) in [5, 5.41) is 11.7. The predicted octanol–water partition coefficient (Wildman–Crippen LogP) is 5.39. The Hall–Kier alpha value is -1.02. The van der Waals surface area contributed by atoms with Gasteiger partial charge in [0.1, 0.15) is 0 Å². The van der Waals surface area contributed by atoms with Crippen LogP contribution in [0, 0.1) is 0 Å². The van der Waals surface area contributed by atoms with E-state index in [4.69, 9.17) is 27.9 Å². The van der Waals surface area contributed by atoms with Crippen LogP contribution in [0.15, 0.2) is 16.5 Å². The average molecular weight is 406 g/mol. The molecule has 1 aromatic carbocycles. The lowest BCUT2D eigenvalue weighted by molar-refractivity contribution is 0.102. The molecule has 0 aliphatic heterocycles. The van der Waals surface area contributed by atoms with E-state index in [2.05, 4.69) is 22.4 Å². The fourth-order valence-electron chi connectivity index (χ4n) is 1.76. The number of halogens is 2. The molecule has 0 unspecified atom stereocenters. The SMILES string of the molecule is CCCCOc1c(Cl)cc(C(=O)Nc2nnc(SCC)s2)cc1Cl. The lowest BCUT2D eigenvalue weighted by atomic mass is 10.2. The minimum atomic E-state index is -0.344. The molecule has 2 aromatic rings. The molecule has 9 heteroatoms. The second-order valence-corrected chi connectivity index (χ2v) is 8.03. The summed E-state index contributed by atoms with van der Waals surface area (Å²) in [4.78, 5) is 12.3. The van der Waals surface area contributed by atoms with Gasteiger partial charge in [0.15, 0.2) is 10.1 Å². The van der Waals surface area contributed by atoms with Gasteiger partial charge in [-0.3, -0.25) is 10.1 Å². The van der Waals surface area contributed by atoms with Crippen molar-refractivity contribution in [2.45, 2.75) is 31.0 Å². The summed E-state index contributed by atoms with van der Waals surface area (Å²) in [6, 6.07) is 3.07. The number of thioether (sulfide) groups is 1. The van der Waals surface area contributed by atoms with Crippen LogP contribution in [-0.4, -0.2) is 28.5 Å². The summed E-state index contributed by atoms with van der Waals surface area (Å²) in [5.41, 5.74) is 0.340. The van der Waals surface area contributed by atoms with Crippen LogP contribution in [0.1, 0.15) is 37.0 Å². The third-order valence-corrected chi connectivity index (χ3v) is 5.32. The van der Waals surface area contributed by atoms with Gasteiger partial charge in [-0.25, -0.2) is 0 Å². The van der Waals surface area contributed by atoms with Crippen LogP contribution in [-0.2, 0) is 0 Å². The molecule has 130 valence electrons. The average Bonchev–Trinajstić information content (AvgIpc) is 2.97. The molecule has 1 amide bonds. The van der Waals surface area contributed by atoms with Gasteiger partial charge in [-0.2, -0.15) is 0 Å². The lowest BCUT2D eigenvalue weighted by Crippen LogP contribution is -2.12. The van der Waals surface area contributed by atoms with E-state index in [9.17, 15) is 4.79 Å². The Morgan fingerprint density at radius 3 is 2.62 bits per heavy atom. The van der Waals surface area contributed by atoms with Crippen molar-refractivity contribution in [2.75, 3.05) is 17.7 Å². The minimum absolute atomic E-state index is 0.309. The first kappa shape index (κ1) is 19.3. The van der Waals surface area contributed by atoms with E-state index in [1.54, 1.807) is 11.8 Å². The molecule has 0 aliphatic rings. The first-order valence-electron chi connectivity index (χ1n) is 7.44. The summed E-state index contributed by atoms with van der Waals surface area (Å²) < 4.78 is 6.38. The highest BCUT2D eigenvalue weighted by Gasteiger charge is 2.16. The van der Waals surface area contributed by atoms with Gasteiger partial charge in [-0.05, 0) is 24.3 Å². The summed E-state index contributed by atoms with van der Waals surface area (Å²) >= 11 is 15.3. The van der Waals surface area contributed by atoms with Gasteiger partial charge in [0.05, 0.1) is 16.7 Å². The maximum absolute atomic E-state index is 12.3. The largest absolute Gasteiger partial charge is 0.490 e. The maximum Gasteiger partial charge on any atom is 0.257 e. The Bertz CT molecular complexity index is 687. The Balaban J connectivity index is 2.08. The van der Waals surface area contributed by atoms with E-state index >= 15 is 0 Å². The molecule has 0 spiro atoms. The third kappa shape index (κ3) is 5.24. The number of carbonyl (C=O) groups excluding carboxylic acids is 1. The number of hydrogen-bond donors (Lipinski definition) is 1. The highest BCUT2D eigenvalue weighted by molar-refractivity contribution is 8.01. The van der Waals surface area contributed by atoms with Gasteiger partial charge in [0.2, 0.25) is 5.13 Å². The number of ether oxygens (including phenoxy) is 1. The Morgan fingerprint density at radius 1 is 1.29 bits per heavy atom. The normalized spacial score (nSPS) is 10.7. The van der Waals surface area contributed by atoms with E-state index in [1.165, 1.54) is 23.5 Å². The predicted molar refractivity (Wildman–Crippen MR) is 101 cm³/mol. The summed E-state index contributed by atoms with van der Waals surface area (Å²) in [5.74, 6) is 0.955. The monoisotopic (exact) mass is 405 g/mol. The van der Waals surface area contributed by atoms with Gasteiger partial charge in [-0.1, -0.05) is 66.6 Å². The van der Waals surface area contributed by atoms with Crippen LogP contribution in [0.5, 0.6) is 5.75 Å². The third-order valence-electron chi connectivity index (χ3n) is 2.90. The quantitative estimate of drug-likeness (QED) is 0.362. The minimum Gasteiger partial charge on any atom is -0.490 e. The summed E-state index contributed by atoms with van der Waals surface area (Å²) in [6.45, 7) is 4.63. The summed E-state index contributed by atoms with van der Waals surface area (Å²) in [6.07, 6.45) is 1.92. The van der Waals surface area contributed by atoms with Gasteiger partial charge in [0.25, 0.3) is 5.91 Å². The zero-order valence-electron chi connectivity index (χ0n) is 13.3. The standard InChI is InChI=1S/C15H17Cl2N3O2S2/c1-3-5-6-22-12-10(16)7-9(8-11(12)17)13(21)18-14-19-20-15(24-14)23-4-2/h7-8H,3-6H2,1-2H3,(H,18,19,21). The van der Waals surface area contributed by atoms with Gasteiger partial charge in [0, 0.05) is 5.56 Å². The number of anilines is 1. The highest BCUT2D eigenvalue weighted by atomic mass is 35.5. The van der Waals surface area contributed by atoms with Crippen molar-refractivity contribution in [1.29, 1.82) is 0 Å². The number of nitrogens with zero attached hydrogens (tertiary/aromatic N) is 2. The highest BCUT2D eigenvalue weighted by Crippen LogP contribution is 2.35. The molecule has 0 radical (unpaired) electrons. The molecule has 1 N–H and O–H groups in total. The fraction of sp³-hybridized carbons (Fsp3) is 0.400. The molecule has 0 saturated heterocycles. The van der Waals surface area contributed by atoms with E-state index in [-0.39, 0.29) is 5.91 Å². The molecule has 1 heterocycles. The van der Waals surface area contributed by atoms with Gasteiger partial charge >= 0.3 is 0 Å². The van der Waals surface area contributed by atoms with Crippen molar-refractivity contribution in [3.05, 3.63) is 27.7 Å². The molecule has 0 atom stereocenters. The molecule has 1 aromatic heterocycles. The van der Waals surface area contributed by atoms with E-state index in [0.717, 1.165) is 22.9 Å². The van der Waals surface area contributed by atoms with Crippen LogP contribution >= 0.6 is 46.3 Å². The van der Waals surface area contributed by atoms with E-state index < -0.39 is 0 Å². The first-order valence-corrected chi connectivity index (χ1v) is 10.0. The molecular formula is C15H17Cl2N3O2S2. The first-order chi connectivity index (χ1) is 11.5. The second kappa shape index (κ2) is 9.46. The van der Waals surface area contributed by atoms with E-state index in [0.29, 0.717) is 33.1 Å². The van der Waals surface area contributed by atoms with Crippen molar-refractivity contribution in [3.63, 3.8) is 0 Å². The molecular weight excluding hydrogens is 389 g/mol. The Morgan fingerprint density at radius 2 is 2.00 bits per heavy atom. The number of unbranched alkanes of at least 4 members (excludes halogenated alkanes) is 1. The van der Waals surface area contributed by atoms with Crippen LogP contribution < -0.4 is 10.1 Å². The van der Waals surface area contributed by atoms with Crippen molar-refractivity contribution >= 4 is 57.3 Å². The Kier molecular flexibility index (Phi) is 7.61. The number of nitrogens with one attached hydrogen (secondary N) is 1. The molecule has 24 heavy (non-hydrogen) atoms. The second-order valence-electron chi connectivity index (χ2n) is 4.73. The zero-order valence-corrected chi connectivity index (χ0v) is 16.4.